The SMILES string of the molecule is Br.CC(=NNc1nc(C(C)(C)C)cs1)c1ccc(F)cc1. The van der Waals surface area contributed by atoms with Crippen LogP contribution in [-0.2, 0) is 5.41 Å². The molecular weight excluding hydrogens is 353 g/mol. The van der Waals surface area contributed by atoms with Crippen molar-refractivity contribution in [1.82, 2.24) is 4.98 Å². The molecule has 0 saturated heterocycles. The minimum atomic E-state index is -0.246. The van der Waals surface area contributed by atoms with E-state index in [1.165, 1.54) is 23.5 Å². The van der Waals surface area contributed by atoms with Gasteiger partial charge in [0.15, 0.2) is 0 Å². The maximum absolute atomic E-state index is 12.9. The fourth-order valence-corrected chi connectivity index (χ4v) is 2.44. The number of aromatic nitrogens is 1. The summed E-state index contributed by atoms with van der Waals surface area (Å²) in [6.45, 7) is 8.25. The van der Waals surface area contributed by atoms with Crippen LogP contribution in [0.25, 0.3) is 0 Å². The van der Waals surface area contributed by atoms with Crippen molar-refractivity contribution in [1.29, 1.82) is 0 Å². The predicted molar refractivity (Wildman–Crippen MR) is 93.4 cm³/mol. The highest BCUT2D eigenvalue weighted by molar-refractivity contribution is 8.93. The Hall–Kier alpha value is -1.27. The first kappa shape index (κ1) is 17.8. The third kappa shape index (κ3) is 4.89. The number of halogens is 2. The normalized spacial score (nSPS) is 12.0. The quantitative estimate of drug-likeness (QED) is 0.609. The zero-order valence-corrected chi connectivity index (χ0v) is 15.0. The van der Waals surface area contributed by atoms with Gasteiger partial charge in [0.25, 0.3) is 0 Å². The Morgan fingerprint density at radius 2 is 1.86 bits per heavy atom. The minimum Gasteiger partial charge on any atom is -0.252 e. The summed E-state index contributed by atoms with van der Waals surface area (Å²) in [5.74, 6) is -0.246. The van der Waals surface area contributed by atoms with Gasteiger partial charge in [-0.2, -0.15) is 5.10 Å². The van der Waals surface area contributed by atoms with Crippen LogP contribution in [0.3, 0.4) is 0 Å². The van der Waals surface area contributed by atoms with Crippen LogP contribution < -0.4 is 5.43 Å². The Bertz CT molecular complexity index is 615. The predicted octanol–water partition coefficient (Wildman–Crippen LogP) is 4.99. The van der Waals surface area contributed by atoms with Gasteiger partial charge in [-0.15, -0.1) is 28.3 Å². The van der Waals surface area contributed by atoms with E-state index in [2.05, 4.69) is 36.3 Å². The number of nitrogens with one attached hydrogen (secondary N) is 1. The summed E-state index contributed by atoms with van der Waals surface area (Å²) in [5, 5.41) is 7.08. The number of thiazole rings is 1. The first-order valence-electron chi connectivity index (χ1n) is 6.38. The summed E-state index contributed by atoms with van der Waals surface area (Å²) in [4.78, 5) is 4.50. The molecule has 0 unspecified atom stereocenters. The van der Waals surface area contributed by atoms with Gasteiger partial charge >= 0.3 is 0 Å². The van der Waals surface area contributed by atoms with Crippen LogP contribution in [-0.4, -0.2) is 10.7 Å². The second kappa shape index (κ2) is 7.13. The Morgan fingerprint density at radius 3 is 2.38 bits per heavy atom. The van der Waals surface area contributed by atoms with E-state index in [1.54, 1.807) is 12.1 Å². The minimum absolute atomic E-state index is 0. The highest BCUT2D eigenvalue weighted by atomic mass is 79.9. The van der Waals surface area contributed by atoms with Crippen molar-refractivity contribution in [3.63, 3.8) is 0 Å². The van der Waals surface area contributed by atoms with E-state index in [0.717, 1.165) is 22.1 Å². The molecule has 0 aliphatic rings. The zero-order chi connectivity index (χ0) is 14.8. The molecule has 2 rings (SSSR count). The lowest BCUT2D eigenvalue weighted by Crippen LogP contribution is -2.11. The molecule has 2 aromatic rings. The average Bonchev–Trinajstić information content (AvgIpc) is 2.85. The van der Waals surface area contributed by atoms with E-state index in [9.17, 15) is 4.39 Å². The maximum atomic E-state index is 12.9. The number of nitrogens with zero attached hydrogens (tertiary/aromatic N) is 2. The highest BCUT2D eigenvalue weighted by Gasteiger charge is 2.17. The van der Waals surface area contributed by atoms with Gasteiger partial charge < -0.3 is 0 Å². The van der Waals surface area contributed by atoms with Crippen molar-refractivity contribution in [2.75, 3.05) is 5.43 Å². The largest absolute Gasteiger partial charge is 0.252 e. The molecule has 0 saturated carbocycles. The summed E-state index contributed by atoms with van der Waals surface area (Å²) in [6, 6.07) is 6.27. The molecule has 1 aromatic heterocycles. The summed E-state index contributed by atoms with van der Waals surface area (Å²) in [7, 11) is 0. The number of benzene rings is 1. The van der Waals surface area contributed by atoms with E-state index >= 15 is 0 Å². The number of hydrogen-bond acceptors (Lipinski definition) is 4. The van der Waals surface area contributed by atoms with Crippen molar-refractivity contribution in [2.45, 2.75) is 33.1 Å². The smallest absolute Gasteiger partial charge is 0.203 e. The molecule has 0 bridgehead atoms. The van der Waals surface area contributed by atoms with Gasteiger partial charge in [-0.05, 0) is 24.6 Å². The number of rotatable bonds is 3. The fraction of sp³-hybridized carbons (Fsp3) is 0.333. The van der Waals surface area contributed by atoms with E-state index in [1.807, 2.05) is 12.3 Å². The van der Waals surface area contributed by atoms with Crippen molar-refractivity contribution in [3.05, 3.63) is 46.7 Å². The summed E-state index contributed by atoms with van der Waals surface area (Å²) < 4.78 is 12.9. The molecule has 21 heavy (non-hydrogen) atoms. The Balaban J connectivity index is 0.00000220. The second-order valence-corrected chi connectivity index (χ2v) is 6.46. The van der Waals surface area contributed by atoms with E-state index < -0.39 is 0 Å². The standard InChI is InChI=1S/C15H18FN3S.BrH/c1-10(11-5-7-12(16)8-6-11)18-19-14-17-13(9-20-14)15(2,3)4;/h5-9H,1-4H3,(H,17,19);1H. The summed E-state index contributed by atoms with van der Waals surface area (Å²) in [5.41, 5.74) is 5.70. The number of anilines is 1. The molecule has 0 spiro atoms. The monoisotopic (exact) mass is 371 g/mol. The topological polar surface area (TPSA) is 37.3 Å². The molecule has 0 radical (unpaired) electrons. The van der Waals surface area contributed by atoms with E-state index in [4.69, 9.17) is 0 Å². The van der Waals surface area contributed by atoms with Crippen molar-refractivity contribution in [3.8, 4) is 0 Å². The molecule has 1 N–H and O–H groups in total. The maximum Gasteiger partial charge on any atom is 0.203 e. The lowest BCUT2D eigenvalue weighted by molar-refractivity contribution is 0.573. The molecule has 0 amide bonds. The highest BCUT2D eigenvalue weighted by Crippen LogP contribution is 2.26. The van der Waals surface area contributed by atoms with E-state index in [-0.39, 0.29) is 28.2 Å². The van der Waals surface area contributed by atoms with Gasteiger partial charge in [0.1, 0.15) is 5.82 Å². The molecule has 6 heteroatoms. The Morgan fingerprint density at radius 1 is 1.24 bits per heavy atom. The lowest BCUT2D eigenvalue weighted by atomic mass is 9.93. The van der Waals surface area contributed by atoms with Crippen LogP contribution in [0.4, 0.5) is 9.52 Å². The van der Waals surface area contributed by atoms with Crippen molar-refractivity contribution < 1.29 is 4.39 Å². The molecule has 1 heterocycles. The van der Waals surface area contributed by atoms with Crippen LogP contribution in [0.15, 0.2) is 34.7 Å². The van der Waals surface area contributed by atoms with Gasteiger partial charge in [0.05, 0.1) is 11.4 Å². The molecule has 0 aliphatic heterocycles. The third-order valence-corrected chi connectivity index (χ3v) is 3.60. The van der Waals surface area contributed by atoms with Crippen LogP contribution in [0, 0.1) is 5.82 Å². The Labute approximate surface area is 139 Å². The van der Waals surface area contributed by atoms with Crippen molar-refractivity contribution in [2.24, 2.45) is 5.10 Å². The van der Waals surface area contributed by atoms with Gasteiger partial charge in [-0.3, -0.25) is 5.43 Å². The van der Waals surface area contributed by atoms with Crippen LogP contribution >= 0.6 is 28.3 Å². The van der Waals surface area contributed by atoms with Gasteiger partial charge in [-0.1, -0.05) is 32.9 Å². The number of hydrazone groups is 1. The lowest BCUT2D eigenvalue weighted by Gasteiger charge is -2.13. The molecule has 1 aromatic carbocycles. The molecule has 114 valence electrons. The molecule has 0 fully saturated rings. The van der Waals surface area contributed by atoms with Crippen LogP contribution in [0.1, 0.15) is 39.0 Å². The van der Waals surface area contributed by atoms with Gasteiger partial charge in [0, 0.05) is 10.8 Å². The van der Waals surface area contributed by atoms with Crippen LogP contribution in [0.5, 0.6) is 0 Å². The molecule has 3 nitrogen and oxygen atoms in total. The fourth-order valence-electron chi connectivity index (χ4n) is 1.56. The second-order valence-electron chi connectivity index (χ2n) is 5.60. The first-order chi connectivity index (χ1) is 9.36. The molecular formula is C15H19BrFN3S. The first-order valence-corrected chi connectivity index (χ1v) is 7.26. The van der Waals surface area contributed by atoms with Gasteiger partial charge in [-0.25, -0.2) is 9.37 Å². The summed E-state index contributed by atoms with van der Waals surface area (Å²) >= 11 is 1.53. The van der Waals surface area contributed by atoms with E-state index in [0.29, 0.717) is 0 Å². The van der Waals surface area contributed by atoms with Gasteiger partial charge in [0.2, 0.25) is 5.13 Å². The summed E-state index contributed by atoms with van der Waals surface area (Å²) in [6.07, 6.45) is 0. The van der Waals surface area contributed by atoms with Crippen molar-refractivity contribution >= 4 is 39.2 Å². The van der Waals surface area contributed by atoms with Crippen LogP contribution in [0.2, 0.25) is 0 Å². The third-order valence-electron chi connectivity index (χ3n) is 2.85. The molecule has 0 aliphatic carbocycles. The Kier molecular flexibility index (Phi) is 6.04. The molecule has 0 atom stereocenters. The average molecular weight is 372 g/mol. The zero-order valence-electron chi connectivity index (χ0n) is 12.5. The number of hydrogen-bond donors (Lipinski definition) is 1.